The van der Waals surface area contributed by atoms with Gasteiger partial charge in [0.2, 0.25) is 0 Å². The lowest BCUT2D eigenvalue weighted by Gasteiger charge is -2.27. The van der Waals surface area contributed by atoms with E-state index in [1.807, 2.05) is 11.9 Å². The molecule has 2 aliphatic heterocycles. The maximum absolute atomic E-state index is 10.1. The van der Waals surface area contributed by atoms with E-state index in [2.05, 4.69) is 9.97 Å². The first-order chi connectivity index (χ1) is 9.54. The third kappa shape index (κ3) is 1.79. The summed E-state index contributed by atoms with van der Waals surface area (Å²) in [6.45, 7) is 0.0298. The highest BCUT2D eigenvalue weighted by atomic mass is 16.6. The molecular formula is C11H17N5O4. The minimum Gasteiger partial charge on any atom is -0.394 e. The Hall–Kier alpha value is -1.68. The van der Waals surface area contributed by atoms with Crippen molar-refractivity contribution in [3.8, 4) is 0 Å². The zero-order valence-electron chi connectivity index (χ0n) is 10.9. The molecule has 0 unspecified atom stereocenters. The molecule has 9 heteroatoms. The Morgan fingerprint density at radius 1 is 1.40 bits per heavy atom. The summed E-state index contributed by atoms with van der Waals surface area (Å²) in [6.07, 6.45) is -2.55. The number of hydrogen-bond acceptors (Lipinski definition) is 9. The standard InChI is InChI=1S/C11H17N5O4/c1-15-4-16(10-6(15)9(12)13-3-14-10)11-8(19)7(18)5(2-17)20-11/h3,5,7-8,11,17-19H,2,4H2,1H3,(H2,12,13,14)/t5-,7-,8-,11-/m1/s1. The van der Waals surface area contributed by atoms with Gasteiger partial charge in [0.25, 0.3) is 0 Å². The summed E-state index contributed by atoms with van der Waals surface area (Å²) in [6, 6.07) is 0. The molecule has 1 aromatic rings. The highest BCUT2D eigenvalue weighted by Gasteiger charge is 2.48. The Balaban J connectivity index is 1.93. The van der Waals surface area contributed by atoms with Gasteiger partial charge in [-0.2, -0.15) is 0 Å². The second-order valence-corrected chi connectivity index (χ2v) is 4.97. The van der Waals surface area contributed by atoms with Gasteiger partial charge < -0.3 is 35.6 Å². The number of ether oxygens (including phenoxy) is 1. The van der Waals surface area contributed by atoms with E-state index in [0.717, 1.165) is 0 Å². The molecule has 110 valence electrons. The number of rotatable bonds is 2. The van der Waals surface area contributed by atoms with Gasteiger partial charge in [0, 0.05) is 7.05 Å². The maximum atomic E-state index is 10.1. The topological polar surface area (TPSA) is 128 Å². The fourth-order valence-corrected chi connectivity index (χ4v) is 2.66. The number of nitrogens with two attached hydrogens (primary N) is 1. The number of anilines is 3. The summed E-state index contributed by atoms with van der Waals surface area (Å²) in [5.41, 5.74) is 6.48. The molecule has 5 N–H and O–H groups in total. The lowest BCUT2D eigenvalue weighted by atomic mass is 10.1. The van der Waals surface area contributed by atoms with Crippen LogP contribution < -0.4 is 15.5 Å². The summed E-state index contributed by atoms with van der Waals surface area (Å²) in [7, 11) is 1.82. The quantitative estimate of drug-likeness (QED) is 0.474. The lowest BCUT2D eigenvalue weighted by Crippen LogP contribution is -2.45. The smallest absolute Gasteiger partial charge is 0.162 e. The Kier molecular flexibility index (Phi) is 3.13. The van der Waals surface area contributed by atoms with Gasteiger partial charge in [-0.1, -0.05) is 0 Å². The van der Waals surface area contributed by atoms with Crippen molar-refractivity contribution >= 4 is 17.3 Å². The van der Waals surface area contributed by atoms with Crippen molar-refractivity contribution < 1.29 is 20.1 Å². The Morgan fingerprint density at radius 3 is 2.80 bits per heavy atom. The van der Waals surface area contributed by atoms with Gasteiger partial charge in [0.05, 0.1) is 13.3 Å². The van der Waals surface area contributed by atoms with Crippen LogP contribution >= 0.6 is 0 Å². The lowest BCUT2D eigenvalue weighted by molar-refractivity contribution is -0.0221. The monoisotopic (exact) mass is 283 g/mol. The summed E-state index contributed by atoms with van der Waals surface area (Å²) < 4.78 is 5.51. The average molecular weight is 283 g/mol. The van der Waals surface area contributed by atoms with Crippen molar-refractivity contribution in [2.45, 2.75) is 24.5 Å². The second-order valence-electron chi connectivity index (χ2n) is 4.97. The summed E-state index contributed by atoms with van der Waals surface area (Å²) in [4.78, 5) is 11.6. The van der Waals surface area contributed by atoms with Crippen LogP contribution in [0.4, 0.5) is 17.3 Å². The molecule has 0 bridgehead atoms. The summed E-state index contributed by atoms with van der Waals surface area (Å²) in [5.74, 6) is 0.876. The number of aliphatic hydroxyl groups excluding tert-OH is 3. The molecule has 3 rings (SSSR count). The largest absolute Gasteiger partial charge is 0.394 e. The molecule has 0 aromatic carbocycles. The predicted octanol–water partition coefficient (Wildman–Crippen LogP) is -2.29. The van der Waals surface area contributed by atoms with Crippen LogP contribution in [0.3, 0.4) is 0 Å². The molecule has 0 spiro atoms. The van der Waals surface area contributed by atoms with E-state index in [9.17, 15) is 10.2 Å². The van der Waals surface area contributed by atoms with Crippen molar-refractivity contribution in [3.63, 3.8) is 0 Å². The average Bonchev–Trinajstić information content (AvgIpc) is 2.90. The molecule has 0 aliphatic carbocycles. The highest BCUT2D eigenvalue weighted by Crippen LogP contribution is 2.39. The minimum atomic E-state index is -1.14. The third-order valence-corrected chi connectivity index (χ3v) is 3.67. The minimum absolute atomic E-state index is 0.340. The molecular weight excluding hydrogens is 266 g/mol. The summed E-state index contributed by atoms with van der Waals surface area (Å²) in [5, 5.41) is 29.0. The maximum Gasteiger partial charge on any atom is 0.162 e. The van der Waals surface area contributed by atoms with Crippen molar-refractivity contribution in [1.29, 1.82) is 0 Å². The SMILES string of the molecule is CN1CN([C@@H]2O[C@H](CO)[C@@H](O)[C@H]2O)c2ncnc(N)c21. The zero-order chi connectivity index (χ0) is 14.4. The van der Waals surface area contributed by atoms with Gasteiger partial charge in [0.15, 0.2) is 17.9 Å². The molecule has 0 amide bonds. The molecule has 3 heterocycles. The van der Waals surface area contributed by atoms with Gasteiger partial charge in [-0.25, -0.2) is 9.97 Å². The molecule has 0 radical (unpaired) electrons. The van der Waals surface area contributed by atoms with E-state index in [-0.39, 0.29) is 6.61 Å². The van der Waals surface area contributed by atoms with Crippen molar-refractivity contribution in [2.75, 3.05) is 35.9 Å². The number of nitrogen functional groups attached to an aromatic ring is 1. The normalized spacial score (nSPS) is 32.8. The molecule has 1 aromatic heterocycles. The molecule has 0 saturated carbocycles. The van der Waals surface area contributed by atoms with Crippen LogP contribution in [0.15, 0.2) is 6.33 Å². The fraction of sp³-hybridized carbons (Fsp3) is 0.636. The molecule has 1 fully saturated rings. The van der Waals surface area contributed by atoms with Crippen molar-refractivity contribution in [1.82, 2.24) is 9.97 Å². The molecule has 9 nitrogen and oxygen atoms in total. The van der Waals surface area contributed by atoms with Gasteiger partial charge in [-0.3, -0.25) is 0 Å². The first kappa shape index (κ1) is 13.3. The summed E-state index contributed by atoms with van der Waals surface area (Å²) >= 11 is 0. The van der Waals surface area contributed by atoms with E-state index in [1.54, 1.807) is 4.90 Å². The van der Waals surface area contributed by atoms with Gasteiger partial charge in [-0.05, 0) is 0 Å². The number of fused-ring (bicyclic) bond motifs is 1. The van der Waals surface area contributed by atoms with Gasteiger partial charge in [-0.15, -0.1) is 0 Å². The highest BCUT2D eigenvalue weighted by molar-refractivity contribution is 5.81. The fourth-order valence-electron chi connectivity index (χ4n) is 2.66. The zero-order valence-corrected chi connectivity index (χ0v) is 10.9. The van der Waals surface area contributed by atoms with Crippen LogP contribution in [-0.2, 0) is 4.74 Å². The van der Waals surface area contributed by atoms with Crippen molar-refractivity contribution in [2.24, 2.45) is 0 Å². The van der Waals surface area contributed by atoms with Gasteiger partial charge >= 0.3 is 0 Å². The van der Waals surface area contributed by atoms with Crippen LogP contribution in [0.1, 0.15) is 0 Å². The Morgan fingerprint density at radius 2 is 2.15 bits per heavy atom. The third-order valence-electron chi connectivity index (χ3n) is 3.67. The number of hydrogen-bond donors (Lipinski definition) is 4. The van der Waals surface area contributed by atoms with E-state index in [0.29, 0.717) is 24.0 Å². The van der Waals surface area contributed by atoms with Crippen molar-refractivity contribution in [3.05, 3.63) is 6.33 Å². The van der Waals surface area contributed by atoms with Crippen LogP contribution in [0.2, 0.25) is 0 Å². The Bertz CT molecular complexity index is 516. The van der Waals surface area contributed by atoms with Crippen LogP contribution in [0, 0.1) is 0 Å². The number of aliphatic hydroxyl groups is 3. The number of nitrogens with zero attached hydrogens (tertiary/aromatic N) is 4. The number of aromatic nitrogens is 2. The van der Waals surface area contributed by atoms with E-state index in [4.69, 9.17) is 15.6 Å². The first-order valence-corrected chi connectivity index (χ1v) is 6.25. The second kappa shape index (κ2) is 4.70. The molecule has 2 aliphatic rings. The first-order valence-electron chi connectivity index (χ1n) is 6.25. The molecule has 4 atom stereocenters. The van der Waals surface area contributed by atoms with Crippen LogP contribution in [-0.4, -0.2) is 70.2 Å². The molecule has 1 saturated heterocycles. The van der Waals surface area contributed by atoms with Gasteiger partial charge in [0.1, 0.15) is 30.3 Å². The predicted molar refractivity (Wildman–Crippen MR) is 70.0 cm³/mol. The van der Waals surface area contributed by atoms with E-state index in [1.165, 1.54) is 6.33 Å². The van der Waals surface area contributed by atoms with Crippen LogP contribution in [0.5, 0.6) is 0 Å². The van der Waals surface area contributed by atoms with Crippen LogP contribution in [0.25, 0.3) is 0 Å². The molecule has 20 heavy (non-hydrogen) atoms. The van der Waals surface area contributed by atoms with E-state index >= 15 is 0 Å². The van der Waals surface area contributed by atoms with E-state index < -0.39 is 24.5 Å². The Labute approximate surface area is 115 Å².